The zero-order chi connectivity index (χ0) is 9.68. The van der Waals surface area contributed by atoms with Gasteiger partial charge in [-0.25, -0.2) is 0 Å². The molecule has 0 radical (unpaired) electrons. The normalized spacial score (nSPS) is 15.5. The topological polar surface area (TPSA) is 41.9 Å². The Balaban J connectivity index is 2.06. The second-order valence-electron chi connectivity index (χ2n) is 3.38. The third kappa shape index (κ3) is 3.44. The largest absolute Gasteiger partial charge is 0.464 e. The van der Waals surface area contributed by atoms with E-state index in [1.807, 2.05) is 25.1 Å². The molecule has 0 atom stereocenters. The van der Waals surface area contributed by atoms with Crippen molar-refractivity contribution < 1.29 is 9.53 Å². The van der Waals surface area contributed by atoms with Gasteiger partial charge in [-0.1, -0.05) is 13.8 Å². The second kappa shape index (κ2) is 4.84. The summed E-state index contributed by atoms with van der Waals surface area (Å²) in [6.07, 6.45) is 1.81. The van der Waals surface area contributed by atoms with Crippen molar-refractivity contribution in [3.63, 3.8) is 0 Å². The highest BCUT2D eigenvalue weighted by molar-refractivity contribution is 5.71. The lowest BCUT2D eigenvalue weighted by Gasteiger charge is -2.14. The molecule has 1 aliphatic heterocycles. The van der Waals surface area contributed by atoms with E-state index in [1.54, 1.807) is 0 Å². The molecule has 0 spiro atoms. The molecule has 0 amide bonds. The number of esters is 1. The molecular weight excluding hydrogens is 168 g/mol. The van der Waals surface area contributed by atoms with Gasteiger partial charge in [-0.05, 0) is 0 Å². The Bertz CT molecular complexity index is 202. The van der Waals surface area contributed by atoms with Crippen molar-refractivity contribution in [3.05, 3.63) is 0 Å². The van der Waals surface area contributed by atoms with Gasteiger partial charge in [0.2, 0.25) is 0 Å². The number of hydrogen-bond acceptors (Lipinski definition) is 4. The van der Waals surface area contributed by atoms with Crippen molar-refractivity contribution in [3.8, 4) is 0 Å². The zero-order valence-electron chi connectivity index (χ0n) is 8.19. The van der Waals surface area contributed by atoms with Crippen LogP contribution in [0.15, 0.2) is 4.99 Å². The number of hydrogen-bond donors (Lipinski definition) is 0. The van der Waals surface area contributed by atoms with Crippen LogP contribution in [0.3, 0.4) is 0 Å². The van der Waals surface area contributed by atoms with Crippen LogP contribution < -0.4 is 0 Å². The van der Waals surface area contributed by atoms with E-state index in [0.717, 1.165) is 19.6 Å². The molecule has 0 aliphatic carbocycles. The van der Waals surface area contributed by atoms with Gasteiger partial charge < -0.3 is 9.64 Å². The van der Waals surface area contributed by atoms with Crippen LogP contribution in [-0.2, 0) is 9.53 Å². The van der Waals surface area contributed by atoms with Crippen molar-refractivity contribution in [2.75, 3.05) is 26.2 Å². The molecule has 0 aromatic heterocycles. The maximum absolute atomic E-state index is 11.0. The Labute approximate surface area is 78.6 Å². The first-order chi connectivity index (χ1) is 6.20. The molecule has 0 unspecified atom stereocenters. The van der Waals surface area contributed by atoms with Gasteiger partial charge in [0, 0.05) is 6.54 Å². The van der Waals surface area contributed by atoms with Gasteiger partial charge in [-0.2, -0.15) is 0 Å². The van der Waals surface area contributed by atoms with Crippen LogP contribution in [0.5, 0.6) is 0 Å². The molecule has 4 nitrogen and oxygen atoms in total. The summed E-state index contributed by atoms with van der Waals surface area (Å²) in [5, 5.41) is 0. The third-order valence-electron chi connectivity index (χ3n) is 1.86. The number of carbonyl (C=O) groups excluding carboxylic acids is 1. The van der Waals surface area contributed by atoms with Gasteiger partial charge in [0.1, 0.15) is 6.61 Å². The average Bonchev–Trinajstić information content (AvgIpc) is 2.56. The summed E-state index contributed by atoms with van der Waals surface area (Å²) in [5.74, 6) is -0.164. The first-order valence-electron chi connectivity index (χ1n) is 4.61. The van der Waals surface area contributed by atoms with E-state index in [9.17, 15) is 4.79 Å². The number of carbonyl (C=O) groups is 1. The van der Waals surface area contributed by atoms with Crippen LogP contribution in [-0.4, -0.2) is 43.4 Å². The average molecular weight is 184 g/mol. The fourth-order valence-corrected chi connectivity index (χ4v) is 1.02. The van der Waals surface area contributed by atoms with Gasteiger partial charge in [0.05, 0.1) is 25.3 Å². The first-order valence-corrected chi connectivity index (χ1v) is 4.61. The van der Waals surface area contributed by atoms with E-state index in [4.69, 9.17) is 4.74 Å². The standard InChI is InChI=1S/C9H16N2O2/c1-8(2)9(12)13-6-5-11-4-3-10-7-11/h7-8H,3-6H2,1-2H3. The Morgan fingerprint density at radius 3 is 3.00 bits per heavy atom. The number of rotatable bonds is 4. The summed E-state index contributed by atoms with van der Waals surface area (Å²) in [7, 11) is 0. The molecular formula is C9H16N2O2. The van der Waals surface area contributed by atoms with E-state index in [2.05, 4.69) is 4.99 Å². The lowest BCUT2D eigenvalue weighted by atomic mass is 10.2. The van der Waals surface area contributed by atoms with E-state index < -0.39 is 0 Å². The molecule has 4 heteroatoms. The molecule has 0 saturated carbocycles. The highest BCUT2D eigenvalue weighted by atomic mass is 16.5. The Kier molecular flexibility index (Phi) is 3.73. The second-order valence-corrected chi connectivity index (χ2v) is 3.38. The van der Waals surface area contributed by atoms with Crippen molar-refractivity contribution in [1.82, 2.24) is 4.90 Å². The summed E-state index contributed by atoms with van der Waals surface area (Å²) in [4.78, 5) is 17.1. The summed E-state index contributed by atoms with van der Waals surface area (Å²) in [5.41, 5.74) is 0. The maximum Gasteiger partial charge on any atom is 0.308 e. The van der Waals surface area contributed by atoms with Crippen LogP contribution in [0.4, 0.5) is 0 Å². The maximum atomic E-state index is 11.0. The quantitative estimate of drug-likeness (QED) is 0.598. The molecule has 1 heterocycles. The van der Waals surface area contributed by atoms with Gasteiger partial charge in [-0.15, -0.1) is 0 Å². The highest BCUT2D eigenvalue weighted by Crippen LogP contribution is 1.97. The van der Waals surface area contributed by atoms with Gasteiger partial charge in [0.25, 0.3) is 0 Å². The molecule has 0 fully saturated rings. The molecule has 0 N–H and O–H groups in total. The Hall–Kier alpha value is -1.06. The monoisotopic (exact) mass is 184 g/mol. The van der Waals surface area contributed by atoms with Gasteiger partial charge >= 0.3 is 5.97 Å². The van der Waals surface area contributed by atoms with Crippen LogP contribution >= 0.6 is 0 Å². The molecule has 0 saturated heterocycles. The van der Waals surface area contributed by atoms with Crippen molar-refractivity contribution in [2.45, 2.75) is 13.8 Å². The fraction of sp³-hybridized carbons (Fsp3) is 0.778. The summed E-state index contributed by atoms with van der Waals surface area (Å²) < 4.78 is 5.02. The van der Waals surface area contributed by atoms with Gasteiger partial charge in [0.15, 0.2) is 0 Å². The molecule has 13 heavy (non-hydrogen) atoms. The minimum absolute atomic E-state index is 0.0350. The van der Waals surface area contributed by atoms with E-state index in [-0.39, 0.29) is 11.9 Å². The molecule has 74 valence electrons. The van der Waals surface area contributed by atoms with Crippen LogP contribution in [0.1, 0.15) is 13.8 Å². The Morgan fingerprint density at radius 1 is 1.69 bits per heavy atom. The molecule has 1 rings (SSSR count). The Morgan fingerprint density at radius 2 is 2.46 bits per heavy atom. The number of ether oxygens (including phenoxy) is 1. The van der Waals surface area contributed by atoms with Crippen molar-refractivity contribution in [2.24, 2.45) is 10.9 Å². The van der Waals surface area contributed by atoms with Crippen molar-refractivity contribution in [1.29, 1.82) is 0 Å². The molecule has 0 aromatic carbocycles. The van der Waals surface area contributed by atoms with E-state index in [1.165, 1.54) is 0 Å². The van der Waals surface area contributed by atoms with Crippen LogP contribution in [0.2, 0.25) is 0 Å². The first kappa shape index (κ1) is 10.0. The van der Waals surface area contributed by atoms with Crippen LogP contribution in [0.25, 0.3) is 0 Å². The number of aliphatic imine (C=N–C) groups is 1. The fourth-order valence-electron chi connectivity index (χ4n) is 1.02. The van der Waals surface area contributed by atoms with Crippen LogP contribution in [0, 0.1) is 5.92 Å². The SMILES string of the molecule is CC(C)C(=O)OCCN1C=NCC1. The van der Waals surface area contributed by atoms with E-state index >= 15 is 0 Å². The highest BCUT2D eigenvalue weighted by Gasteiger charge is 2.09. The third-order valence-corrected chi connectivity index (χ3v) is 1.86. The number of nitrogens with zero attached hydrogens (tertiary/aromatic N) is 2. The minimum Gasteiger partial charge on any atom is -0.464 e. The smallest absolute Gasteiger partial charge is 0.308 e. The van der Waals surface area contributed by atoms with Crippen molar-refractivity contribution >= 4 is 12.3 Å². The minimum atomic E-state index is -0.129. The molecule has 1 aliphatic rings. The summed E-state index contributed by atoms with van der Waals surface area (Å²) in [6.45, 7) is 6.68. The molecule has 0 bridgehead atoms. The zero-order valence-corrected chi connectivity index (χ0v) is 8.19. The van der Waals surface area contributed by atoms with Gasteiger partial charge in [-0.3, -0.25) is 9.79 Å². The summed E-state index contributed by atoms with van der Waals surface area (Å²) >= 11 is 0. The lowest BCUT2D eigenvalue weighted by molar-refractivity contribution is -0.147. The predicted octanol–water partition coefficient (Wildman–Crippen LogP) is 0.529. The summed E-state index contributed by atoms with van der Waals surface area (Å²) in [6, 6.07) is 0. The van der Waals surface area contributed by atoms with E-state index in [0.29, 0.717) is 6.61 Å². The molecule has 0 aromatic rings. The lowest BCUT2D eigenvalue weighted by Crippen LogP contribution is -2.26. The predicted molar refractivity (Wildman–Crippen MR) is 50.7 cm³/mol.